The van der Waals surface area contributed by atoms with Crippen molar-refractivity contribution in [3.05, 3.63) is 90.0 Å². The van der Waals surface area contributed by atoms with Crippen LogP contribution in [0.4, 0.5) is 18.4 Å². The summed E-state index contributed by atoms with van der Waals surface area (Å²) >= 11 is 1.18. The van der Waals surface area contributed by atoms with E-state index in [-0.39, 0.29) is 41.1 Å². The van der Waals surface area contributed by atoms with E-state index in [1.807, 2.05) is 30.3 Å². The lowest BCUT2D eigenvalue weighted by Crippen LogP contribution is -3.00. The predicted molar refractivity (Wildman–Crippen MR) is 140 cm³/mol. The fourth-order valence-electron chi connectivity index (χ4n) is 4.05. The Hall–Kier alpha value is -3.00. The van der Waals surface area contributed by atoms with Crippen molar-refractivity contribution in [3.63, 3.8) is 0 Å². The first-order valence-corrected chi connectivity index (χ1v) is 12.9. The molecule has 0 saturated carbocycles. The van der Waals surface area contributed by atoms with Crippen molar-refractivity contribution in [1.29, 1.82) is 0 Å². The van der Waals surface area contributed by atoms with Crippen molar-refractivity contribution in [3.8, 4) is 0 Å². The van der Waals surface area contributed by atoms with E-state index in [1.165, 1.54) is 21.3 Å². The van der Waals surface area contributed by atoms with Gasteiger partial charge in [-0.2, -0.15) is 14.7 Å². The lowest BCUT2D eigenvalue weighted by Gasteiger charge is -2.34. The molecule has 2 amide bonds. The Morgan fingerprint density at radius 2 is 1.87 bits per heavy atom. The number of imidazole rings is 1. The normalized spacial score (nSPS) is 16.9. The zero-order valence-corrected chi connectivity index (χ0v) is 25.0. The molecular formula is C27H30F2IN5O3S. The van der Waals surface area contributed by atoms with Gasteiger partial charge in [-0.25, -0.2) is 22.9 Å². The van der Waals surface area contributed by atoms with Crippen LogP contribution >= 0.6 is 11.8 Å². The molecule has 0 radical (unpaired) electrons. The van der Waals surface area contributed by atoms with Crippen molar-refractivity contribution < 1.29 is 51.7 Å². The molecule has 208 valence electrons. The summed E-state index contributed by atoms with van der Waals surface area (Å²) in [6.45, 7) is 5.61. The molecule has 12 heteroatoms. The molecule has 2 aromatic carbocycles. The average Bonchev–Trinajstić information content (AvgIpc) is 3.47. The number of alkyl carbamates (subject to hydrolysis) is 1. The highest BCUT2D eigenvalue weighted by Gasteiger charge is 2.50. The van der Waals surface area contributed by atoms with Gasteiger partial charge in [0.25, 0.3) is 6.33 Å². The van der Waals surface area contributed by atoms with E-state index in [1.54, 1.807) is 51.1 Å². The Bertz CT molecular complexity index is 1360. The summed E-state index contributed by atoms with van der Waals surface area (Å²) in [5.41, 5.74) is 0.0862. The SMILES string of the molecule is C[n+]1ccn(C(=O)N2N=C(c3cc(F)ccc3F)SC2(CCCNC(=O)OC(C)(C)C)c2ccccc2)c1.[I-]. The Kier molecular flexibility index (Phi) is 9.75. The van der Waals surface area contributed by atoms with E-state index in [0.29, 0.717) is 12.8 Å². The number of aryl methyl sites for hydroxylation is 1. The van der Waals surface area contributed by atoms with Gasteiger partial charge in [-0.3, -0.25) is 0 Å². The highest BCUT2D eigenvalue weighted by Crippen LogP contribution is 2.50. The van der Waals surface area contributed by atoms with E-state index >= 15 is 0 Å². The van der Waals surface area contributed by atoms with Gasteiger partial charge in [0.05, 0.1) is 7.05 Å². The minimum absolute atomic E-state index is 0. The number of benzene rings is 2. The molecule has 1 unspecified atom stereocenters. The van der Waals surface area contributed by atoms with Gasteiger partial charge in [0.15, 0.2) is 0 Å². The van der Waals surface area contributed by atoms with Crippen molar-refractivity contribution in [2.45, 2.75) is 44.1 Å². The third-order valence-corrected chi connectivity index (χ3v) is 7.16. The van der Waals surface area contributed by atoms with Gasteiger partial charge in [0.2, 0.25) is 0 Å². The summed E-state index contributed by atoms with van der Waals surface area (Å²) < 4.78 is 37.3. The Morgan fingerprint density at radius 1 is 1.15 bits per heavy atom. The van der Waals surface area contributed by atoms with Crippen LogP contribution in [0.3, 0.4) is 0 Å². The molecule has 0 saturated heterocycles. The molecule has 4 rings (SSSR count). The van der Waals surface area contributed by atoms with Crippen LogP contribution in [0.2, 0.25) is 0 Å². The number of carbonyl (C=O) groups excluding carboxylic acids is 2. The maximum absolute atomic E-state index is 14.8. The van der Waals surface area contributed by atoms with Gasteiger partial charge in [-0.1, -0.05) is 42.1 Å². The Balaban J connectivity index is 0.00000420. The van der Waals surface area contributed by atoms with Gasteiger partial charge < -0.3 is 34.0 Å². The molecule has 3 aromatic rings. The summed E-state index contributed by atoms with van der Waals surface area (Å²) in [6.07, 6.45) is 5.16. The highest BCUT2D eigenvalue weighted by molar-refractivity contribution is 8.15. The van der Waals surface area contributed by atoms with Gasteiger partial charge in [0.1, 0.15) is 39.5 Å². The number of nitrogens with zero attached hydrogens (tertiary/aromatic N) is 4. The van der Waals surface area contributed by atoms with Crippen LogP contribution in [0.25, 0.3) is 0 Å². The molecule has 1 aliphatic heterocycles. The van der Waals surface area contributed by atoms with E-state index in [2.05, 4.69) is 10.4 Å². The molecule has 1 N–H and O–H groups in total. The third kappa shape index (κ3) is 7.15. The Labute approximate surface area is 247 Å². The number of ether oxygens (including phenoxy) is 1. The molecular weight excluding hydrogens is 639 g/mol. The minimum Gasteiger partial charge on any atom is -1.00 e. The second-order valence-electron chi connectivity index (χ2n) is 9.89. The zero-order chi connectivity index (χ0) is 27.5. The first-order valence-electron chi connectivity index (χ1n) is 12.1. The quantitative estimate of drug-likeness (QED) is 0.248. The van der Waals surface area contributed by atoms with E-state index in [0.717, 1.165) is 23.8 Å². The molecule has 8 nitrogen and oxygen atoms in total. The maximum Gasteiger partial charge on any atom is 0.437 e. The molecule has 0 spiro atoms. The lowest BCUT2D eigenvalue weighted by atomic mass is 10.0. The predicted octanol–water partition coefficient (Wildman–Crippen LogP) is 2.13. The maximum atomic E-state index is 14.8. The van der Waals surface area contributed by atoms with E-state index in [4.69, 9.17) is 4.74 Å². The summed E-state index contributed by atoms with van der Waals surface area (Å²) in [6, 6.07) is 12.0. The number of hydrazone groups is 1. The molecule has 1 aromatic heterocycles. The van der Waals surface area contributed by atoms with Crippen molar-refractivity contribution in [1.82, 2.24) is 14.9 Å². The van der Waals surface area contributed by atoms with Crippen LogP contribution in [0.1, 0.15) is 44.7 Å². The van der Waals surface area contributed by atoms with Gasteiger partial charge >= 0.3 is 12.1 Å². The molecule has 0 fully saturated rings. The number of carbonyl (C=O) groups is 2. The number of thioether (sulfide) groups is 1. The van der Waals surface area contributed by atoms with Crippen LogP contribution < -0.4 is 33.9 Å². The van der Waals surface area contributed by atoms with Crippen LogP contribution in [0.5, 0.6) is 0 Å². The van der Waals surface area contributed by atoms with Crippen LogP contribution in [-0.2, 0) is 16.7 Å². The molecule has 0 aliphatic carbocycles. The van der Waals surface area contributed by atoms with Crippen LogP contribution in [-0.4, -0.2) is 38.9 Å². The van der Waals surface area contributed by atoms with Gasteiger partial charge in [-0.05, 0) is 57.4 Å². The first kappa shape index (κ1) is 30.5. The zero-order valence-electron chi connectivity index (χ0n) is 22.0. The number of nitrogens with one attached hydrogen (secondary N) is 1. The second-order valence-corrected chi connectivity index (χ2v) is 11.2. The molecule has 2 heterocycles. The van der Waals surface area contributed by atoms with Gasteiger partial charge in [0, 0.05) is 12.1 Å². The topological polar surface area (TPSA) is 79.8 Å². The molecule has 1 aliphatic rings. The number of hydrogen-bond acceptors (Lipinski definition) is 5. The minimum atomic E-state index is -1.09. The summed E-state index contributed by atoms with van der Waals surface area (Å²) in [7, 11) is 1.78. The fraction of sp³-hybridized carbons (Fsp3) is 0.333. The molecule has 0 bridgehead atoms. The van der Waals surface area contributed by atoms with Crippen molar-refractivity contribution >= 4 is 28.9 Å². The van der Waals surface area contributed by atoms with Gasteiger partial charge in [-0.15, -0.1) is 0 Å². The number of rotatable bonds is 6. The third-order valence-electron chi connectivity index (χ3n) is 5.71. The molecule has 39 heavy (non-hydrogen) atoms. The molecule has 1 atom stereocenters. The Morgan fingerprint density at radius 3 is 2.51 bits per heavy atom. The summed E-state index contributed by atoms with van der Waals surface area (Å²) in [5.74, 6) is -1.26. The van der Waals surface area contributed by atoms with Crippen molar-refractivity contribution in [2.75, 3.05) is 6.54 Å². The number of aromatic nitrogens is 2. The second kappa shape index (κ2) is 12.5. The average molecular weight is 670 g/mol. The van der Waals surface area contributed by atoms with E-state index < -0.39 is 34.2 Å². The summed E-state index contributed by atoms with van der Waals surface area (Å²) in [4.78, 5) is 24.8. The summed E-state index contributed by atoms with van der Waals surface area (Å²) in [5, 5.41) is 8.79. The van der Waals surface area contributed by atoms with E-state index in [9.17, 15) is 18.4 Å². The number of hydrogen-bond donors (Lipinski definition) is 1. The lowest BCUT2D eigenvalue weighted by molar-refractivity contribution is -0.670. The first-order chi connectivity index (χ1) is 18.0. The largest absolute Gasteiger partial charge is 1.00 e. The monoisotopic (exact) mass is 669 g/mol. The smallest absolute Gasteiger partial charge is 0.437 e. The standard InChI is InChI=1S/C27H29F2N5O3S.HI/c1-26(2,3)37-24(35)30-14-8-13-27(19-9-6-5-7-10-19)34(25(36)33-16-15-32(4)18-33)31-23(38-27)21-17-20(28)11-12-22(21)29;/h5-7,9-12,15-18H,8,13-14H2,1-4H3;1H. The number of amides is 2. The van der Waals surface area contributed by atoms with Crippen LogP contribution in [0.15, 0.2) is 72.4 Å². The fourth-order valence-corrected chi connectivity index (χ4v) is 5.46. The number of halogens is 3. The van der Waals surface area contributed by atoms with Crippen LogP contribution in [0, 0.1) is 11.6 Å². The van der Waals surface area contributed by atoms with Crippen molar-refractivity contribution in [2.24, 2.45) is 12.1 Å². The highest BCUT2D eigenvalue weighted by atomic mass is 127.